The molecule has 2 saturated carbocycles. The van der Waals surface area contributed by atoms with Gasteiger partial charge in [-0.25, -0.2) is 0 Å². The molecule has 4 aliphatic rings. The minimum absolute atomic E-state index is 0.00460. The highest BCUT2D eigenvalue weighted by Gasteiger charge is 2.70. The molecule has 3 aromatic rings. The van der Waals surface area contributed by atoms with E-state index in [1.54, 1.807) is 14.2 Å². The molecule has 35 heavy (non-hydrogen) atoms. The molecule has 2 heterocycles. The SMILES string of the molecule is COc1ccc(C2=NO[C@H]3[C@@H]4C[C@H]([C@H]5C(=O)N(c6ccc7ccccc7c6)C(=O)[C@H]45)[C@H]23)c(OC)c1. The number of hydrogen-bond donors (Lipinski definition) is 0. The molecule has 2 bridgehead atoms. The van der Waals surface area contributed by atoms with Crippen molar-refractivity contribution < 1.29 is 23.9 Å². The molecule has 0 spiro atoms. The van der Waals surface area contributed by atoms with E-state index < -0.39 is 0 Å². The number of hydrogen-bond acceptors (Lipinski definition) is 6. The summed E-state index contributed by atoms with van der Waals surface area (Å²) in [5.41, 5.74) is 2.28. The Morgan fingerprint density at radius 3 is 2.40 bits per heavy atom. The minimum Gasteiger partial charge on any atom is -0.497 e. The fourth-order valence-electron chi connectivity index (χ4n) is 6.93. The van der Waals surface area contributed by atoms with Crippen LogP contribution in [0.15, 0.2) is 65.8 Å². The smallest absolute Gasteiger partial charge is 0.238 e. The summed E-state index contributed by atoms with van der Waals surface area (Å²) in [5, 5.41) is 6.53. The van der Waals surface area contributed by atoms with Crippen molar-refractivity contribution in [2.45, 2.75) is 12.5 Å². The van der Waals surface area contributed by atoms with Crippen LogP contribution in [-0.2, 0) is 14.4 Å². The summed E-state index contributed by atoms with van der Waals surface area (Å²) in [6.07, 6.45) is 0.599. The lowest BCUT2D eigenvalue weighted by molar-refractivity contribution is -0.125. The molecule has 3 aromatic carbocycles. The quantitative estimate of drug-likeness (QED) is 0.541. The van der Waals surface area contributed by atoms with Crippen LogP contribution in [0.4, 0.5) is 5.69 Å². The van der Waals surface area contributed by atoms with Crippen LogP contribution < -0.4 is 14.4 Å². The summed E-state index contributed by atoms with van der Waals surface area (Å²) in [6, 6.07) is 19.3. The number of methoxy groups -OCH3 is 2. The van der Waals surface area contributed by atoms with Crippen LogP contribution in [0, 0.1) is 29.6 Å². The summed E-state index contributed by atoms with van der Waals surface area (Å²) in [6.45, 7) is 0. The second-order valence-electron chi connectivity index (χ2n) is 9.80. The summed E-state index contributed by atoms with van der Waals surface area (Å²) >= 11 is 0. The van der Waals surface area contributed by atoms with E-state index in [0.717, 1.165) is 28.5 Å². The second-order valence-corrected chi connectivity index (χ2v) is 9.80. The molecule has 2 aliphatic carbocycles. The highest BCUT2D eigenvalue weighted by molar-refractivity contribution is 6.23. The fourth-order valence-corrected chi connectivity index (χ4v) is 6.93. The van der Waals surface area contributed by atoms with Crippen molar-refractivity contribution in [1.82, 2.24) is 0 Å². The average Bonchev–Trinajstić information content (AvgIpc) is 3.63. The first-order valence-electron chi connectivity index (χ1n) is 11.9. The van der Waals surface area contributed by atoms with Crippen molar-refractivity contribution in [3.05, 3.63) is 66.2 Å². The Bertz CT molecular complexity index is 1430. The lowest BCUT2D eigenvalue weighted by Gasteiger charge is -2.30. The monoisotopic (exact) mass is 468 g/mol. The van der Waals surface area contributed by atoms with E-state index in [2.05, 4.69) is 5.16 Å². The van der Waals surface area contributed by atoms with E-state index in [1.807, 2.05) is 60.7 Å². The molecule has 7 rings (SSSR count). The molecule has 0 unspecified atom stereocenters. The zero-order valence-electron chi connectivity index (χ0n) is 19.4. The topological polar surface area (TPSA) is 77.4 Å². The molecule has 2 aliphatic heterocycles. The maximum atomic E-state index is 13.7. The van der Waals surface area contributed by atoms with Gasteiger partial charge in [0.2, 0.25) is 11.8 Å². The first kappa shape index (κ1) is 20.5. The van der Waals surface area contributed by atoms with Gasteiger partial charge < -0.3 is 14.3 Å². The molecule has 0 radical (unpaired) electrons. The molecule has 3 fully saturated rings. The van der Waals surface area contributed by atoms with E-state index in [9.17, 15) is 9.59 Å². The molecule has 1 saturated heterocycles. The third-order valence-electron chi connectivity index (χ3n) is 8.37. The minimum atomic E-state index is -0.354. The van der Waals surface area contributed by atoms with Gasteiger partial charge in [-0.1, -0.05) is 35.5 Å². The Balaban J connectivity index is 1.24. The third kappa shape index (κ3) is 2.69. The molecule has 6 atom stereocenters. The van der Waals surface area contributed by atoms with E-state index in [-0.39, 0.29) is 47.5 Å². The van der Waals surface area contributed by atoms with Crippen molar-refractivity contribution in [3.63, 3.8) is 0 Å². The first-order valence-corrected chi connectivity index (χ1v) is 11.9. The van der Waals surface area contributed by atoms with Crippen LogP contribution in [0.25, 0.3) is 10.8 Å². The van der Waals surface area contributed by atoms with Crippen LogP contribution >= 0.6 is 0 Å². The van der Waals surface area contributed by atoms with E-state index in [4.69, 9.17) is 14.3 Å². The van der Waals surface area contributed by atoms with Gasteiger partial charge in [-0.2, -0.15) is 0 Å². The largest absolute Gasteiger partial charge is 0.497 e. The van der Waals surface area contributed by atoms with Crippen LogP contribution in [0.2, 0.25) is 0 Å². The van der Waals surface area contributed by atoms with Crippen molar-refractivity contribution in [2.75, 3.05) is 19.1 Å². The Kier molecular flexibility index (Phi) is 4.28. The fraction of sp³-hybridized carbons (Fsp3) is 0.321. The number of carbonyl (C=O) groups excluding carboxylic acids is 2. The predicted octanol–water partition coefficient (Wildman–Crippen LogP) is 4.03. The Morgan fingerprint density at radius 2 is 1.63 bits per heavy atom. The number of imide groups is 1. The van der Waals surface area contributed by atoms with Crippen molar-refractivity contribution in [2.24, 2.45) is 34.7 Å². The van der Waals surface area contributed by atoms with Crippen LogP contribution in [-0.4, -0.2) is 37.8 Å². The van der Waals surface area contributed by atoms with E-state index in [1.165, 1.54) is 4.90 Å². The summed E-state index contributed by atoms with van der Waals surface area (Å²) in [7, 11) is 3.23. The normalized spacial score (nSPS) is 30.3. The number of ether oxygens (including phenoxy) is 2. The van der Waals surface area contributed by atoms with E-state index in [0.29, 0.717) is 17.2 Å². The third-order valence-corrected chi connectivity index (χ3v) is 8.37. The van der Waals surface area contributed by atoms with Crippen molar-refractivity contribution in [1.29, 1.82) is 0 Å². The molecular weight excluding hydrogens is 444 g/mol. The number of rotatable bonds is 4. The van der Waals surface area contributed by atoms with Crippen molar-refractivity contribution >= 4 is 34.0 Å². The Hall–Kier alpha value is -3.87. The van der Waals surface area contributed by atoms with Gasteiger partial charge >= 0.3 is 0 Å². The number of fused-ring (bicyclic) bond motifs is 9. The van der Waals surface area contributed by atoms with Gasteiger partial charge in [-0.05, 0) is 47.4 Å². The van der Waals surface area contributed by atoms with Gasteiger partial charge in [0, 0.05) is 23.5 Å². The number of benzene rings is 3. The highest BCUT2D eigenvalue weighted by atomic mass is 16.6. The van der Waals surface area contributed by atoms with Gasteiger partial charge in [0.25, 0.3) is 0 Å². The Morgan fingerprint density at radius 1 is 0.857 bits per heavy atom. The summed E-state index contributed by atoms with van der Waals surface area (Å²) in [4.78, 5) is 34.7. The van der Waals surface area contributed by atoms with E-state index >= 15 is 0 Å². The number of anilines is 1. The van der Waals surface area contributed by atoms with Gasteiger partial charge in [0.1, 0.15) is 17.6 Å². The lowest BCUT2D eigenvalue weighted by atomic mass is 9.71. The second kappa shape index (κ2) is 7.31. The molecule has 0 aromatic heterocycles. The van der Waals surface area contributed by atoms with Gasteiger partial charge in [0.05, 0.1) is 37.5 Å². The number of carbonyl (C=O) groups is 2. The number of amides is 2. The standard InChI is InChI=1S/C28H24N2O5/c1-33-17-9-10-18(21(12-17)34-2)25-24-19-13-20(26(24)35-29-25)23-22(19)27(31)30(28(23)32)16-8-7-14-5-3-4-6-15(14)11-16/h3-12,19-20,22-24,26H,13H2,1-2H3/t19-,20-,22-,23-,24-,26+/m1/s1. The van der Waals surface area contributed by atoms with Gasteiger partial charge in [-0.3, -0.25) is 14.5 Å². The maximum absolute atomic E-state index is 13.7. The molecule has 2 amide bonds. The van der Waals surface area contributed by atoms with Crippen LogP contribution in [0.3, 0.4) is 0 Å². The van der Waals surface area contributed by atoms with Crippen LogP contribution in [0.1, 0.15) is 12.0 Å². The molecule has 0 N–H and O–H groups in total. The summed E-state index contributed by atoms with van der Waals surface area (Å²) in [5.74, 6) is 0.359. The molecule has 7 nitrogen and oxygen atoms in total. The van der Waals surface area contributed by atoms with Crippen LogP contribution in [0.5, 0.6) is 11.5 Å². The Labute approximate surface area is 202 Å². The number of oxime groups is 1. The van der Waals surface area contributed by atoms with Crippen molar-refractivity contribution in [3.8, 4) is 11.5 Å². The van der Waals surface area contributed by atoms with Gasteiger partial charge in [0.15, 0.2) is 0 Å². The average molecular weight is 469 g/mol. The highest BCUT2D eigenvalue weighted by Crippen LogP contribution is 2.62. The first-order chi connectivity index (χ1) is 17.1. The molecule has 7 heteroatoms. The lowest BCUT2D eigenvalue weighted by Crippen LogP contribution is -2.41. The zero-order valence-corrected chi connectivity index (χ0v) is 19.4. The maximum Gasteiger partial charge on any atom is 0.238 e. The molecule has 176 valence electrons. The molecular formula is C28H24N2O5. The zero-order chi connectivity index (χ0) is 23.8. The van der Waals surface area contributed by atoms with Gasteiger partial charge in [-0.15, -0.1) is 0 Å². The number of nitrogens with zero attached hydrogens (tertiary/aromatic N) is 2. The predicted molar refractivity (Wildman–Crippen MR) is 129 cm³/mol. The summed E-state index contributed by atoms with van der Waals surface area (Å²) < 4.78 is 11.0.